The van der Waals surface area contributed by atoms with Gasteiger partial charge in [-0.1, -0.05) is 0 Å². The van der Waals surface area contributed by atoms with Crippen LogP contribution in [0, 0.1) is 16.7 Å². The van der Waals surface area contributed by atoms with E-state index >= 15 is 0 Å². The maximum atomic E-state index is 12.4. The average Bonchev–Trinajstić information content (AvgIpc) is 3.06. The summed E-state index contributed by atoms with van der Waals surface area (Å²) in [5, 5.41) is 14.2. The fourth-order valence-electron chi connectivity index (χ4n) is 2.25. The molecule has 0 saturated carbocycles. The van der Waals surface area contributed by atoms with Crippen LogP contribution in [0.1, 0.15) is 32.3 Å². The van der Waals surface area contributed by atoms with Gasteiger partial charge in [-0.25, -0.2) is 0 Å². The molecule has 122 valence electrons. The Morgan fingerprint density at radius 2 is 2.00 bits per heavy atom. The maximum absolute atomic E-state index is 12.4. The van der Waals surface area contributed by atoms with E-state index in [-0.39, 0.29) is 12.0 Å². The van der Waals surface area contributed by atoms with Crippen LogP contribution in [0.4, 0.5) is 5.69 Å². The summed E-state index contributed by atoms with van der Waals surface area (Å²) in [5.41, 5.74) is -0.141. The number of hydrogen-bond acceptors (Lipinski definition) is 4. The summed E-state index contributed by atoms with van der Waals surface area (Å²) >= 11 is 0. The molecule has 0 bridgehead atoms. The van der Waals surface area contributed by atoms with Gasteiger partial charge in [0.2, 0.25) is 11.8 Å². The number of amides is 2. The van der Waals surface area contributed by atoms with Crippen LogP contribution in [0.15, 0.2) is 24.3 Å². The Kier molecular flexibility index (Phi) is 5.35. The van der Waals surface area contributed by atoms with Gasteiger partial charge in [0.1, 0.15) is 5.41 Å². The van der Waals surface area contributed by atoms with Crippen molar-refractivity contribution in [1.82, 2.24) is 5.32 Å². The lowest BCUT2D eigenvalue weighted by Crippen LogP contribution is -2.47. The van der Waals surface area contributed by atoms with Crippen molar-refractivity contribution in [1.29, 1.82) is 5.26 Å². The van der Waals surface area contributed by atoms with E-state index < -0.39 is 11.3 Å². The van der Waals surface area contributed by atoms with Crippen molar-refractivity contribution in [3.8, 4) is 6.07 Å². The standard InChI is InChI=1S/C17H21N3O3/c1-17(2,15(21)19-11-14-4-3-9-23-14)16(22)20-13-7-5-12(10-18)6-8-13/h5-8,14H,3-4,9,11H2,1-2H3,(H,19,21)(H,20,22). The number of carbonyl (C=O) groups is 2. The van der Waals surface area contributed by atoms with E-state index in [9.17, 15) is 9.59 Å². The largest absolute Gasteiger partial charge is 0.376 e. The molecule has 2 rings (SSSR count). The lowest BCUT2D eigenvalue weighted by molar-refractivity contribution is -0.138. The summed E-state index contributed by atoms with van der Waals surface area (Å²) in [6.45, 7) is 4.31. The molecule has 0 aromatic heterocycles. The molecular weight excluding hydrogens is 294 g/mol. The number of nitrogens with zero attached hydrogens (tertiary/aromatic N) is 1. The van der Waals surface area contributed by atoms with Gasteiger partial charge in [-0.15, -0.1) is 0 Å². The highest BCUT2D eigenvalue weighted by molar-refractivity contribution is 6.09. The number of nitriles is 1. The minimum absolute atomic E-state index is 0.0383. The van der Waals surface area contributed by atoms with Crippen LogP contribution in [0.25, 0.3) is 0 Å². The number of nitrogens with one attached hydrogen (secondary N) is 2. The highest BCUT2D eigenvalue weighted by Crippen LogP contribution is 2.20. The predicted octanol–water partition coefficient (Wildman–Crippen LogP) is 1.82. The van der Waals surface area contributed by atoms with E-state index in [0.717, 1.165) is 19.4 Å². The number of benzene rings is 1. The quantitative estimate of drug-likeness (QED) is 0.811. The summed E-state index contributed by atoms with van der Waals surface area (Å²) in [7, 11) is 0. The molecule has 1 aromatic rings. The monoisotopic (exact) mass is 315 g/mol. The maximum Gasteiger partial charge on any atom is 0.239 e. The number of ether oxygens (including phenoxy) is 1. The van der Waals surface area contributed by atoms with E-state index in [1.165, 1.54) is 0 Å². The fraction of sp³-hybridized carbons (Fsp3) is 0.471. The van der Waals surface area contributed by atoms with Crippen molar-refractivity contribution in [2.45, 2.75) is 32.8 Å². The molecular formula is C17H21N3O3. The van der Waals surface area contributed by atoms with Gasteiger partial charge >= 0.3 is 0 Å². The van der Waals surface area contributed by atoms with Crippen molar-refractivity contribution < 1.29 is 14.3 Å². The highest BCUT2D eigenvalue weighted by Gasteiger charge is 2.36. The molecule has 0 radical (unpaired) electrons. The third kappa shape index (κ3) is 4.30. The Morgan fingerprint density at radius 3 is 2.57 bits per heavy atom. The van der Waals surface area contributed by atoms with Gasteiger partial charge in [0.15, 0.2) is 0 Å². The van der Waals surface area contributed by atoms with Crippen LogP contribution in [-0.4, -0.2) is 31.1 Å². The summed E-state index contributed by atoms with van der Waals surface area (Å²) in [4.78, 5) is 24.6. The van der Waals surface area contributed by atoms with Crippen LogP contribution < -0.4 is 10.6 Å². The molecule has 6 heteroatoms. The average molecular weight is 315 g/mol. The second-order valence-corrected chi connectivity index (χ2v) is 6.11. The van der Waals surface area contributed by atoms with Crippen molar-refractivity contribution >= 4 is 17.5 Å². The molecule has 0 spiro atoms. The van der Waals surface area contributed by atoms with Crippen molar-refractivity contribution in [2.24, 2.45) is 5.41 Å². The molecule has 1 aromatic carbocycles. The van der Waals surface area contributed by atoms with E-state index in [4.69, 9.17) is 10.00 Å². The predicted molar refractivity (Wildman–Crippen MR) is 85.6 cm³/mol. The van der Waals surface area contributed by atoms with Gasteiger partial charge in [0.05, 0.1) is 17.7 Å². The Bertz CT molecular complexity index is 611. The Hall–Kier alpha value is -2.39. The molecule has 1 aliphatic heterocycles. The third-order valence-electron chi connectivity index (χ3n) is 3.92. The minimum Gasteiger partial charge on any atom is -0.376 e. The SMILES string of the molecule is CC(C)(C(=O)NCC1CCCO1)C(=O)Nc1ccc(C#N)cc1. The van der Waals surface area contributed by atoms with Gasteiger partial charge in [-0.05, 0) is 51.0 Å². The normalized spacial score (nSPS) is 17.3. The molecule has 23 heavy (non-hydrogen) atoms. The number of rotatable bonds is 5. The van der Waals surface area contributed by atoms with Crippen molar-refractivity contribution in [3.05, 3.63) is 29.8 Å². The minimum atomic E-state index is -1.20. The Balaban J connectivity index is 1.92. The topological polar surface area (TPSA) is 91.2 Å². The third-order valence-corrected chi connectivity index (χ3v) is 3.92. The molecule has 1 fully saturated rings. The highest BCUT2D eigenvalue weighted by atomic mass is 16.5. The lowest BCUT2D eigenvalue weighted by atomic mass is 9.90. The van der Waals surface area contributed by atoms with Gasteiger partial charge in [-0.3, -0.25) is 9.59 Å². The number of hydrogen-bond donors (Lipinski definition) is 2. The fourth-order valence-corrected chi connectivity index (χ4v) is 2.25. The summed E-state index contributed by atoms with van der Waals surface area (Å²) < 4.78 is 5.45. The Labute approximate surface area is 135 Å². The van der Waals surface area contributed by atoms with Crippen LogP contribution in [0.3, 0.4) is 0 Å². The van der Waals surface area contributed by atoms with Gasteiger partial charge in [0, 0.05) is 18.8 Å². The zero-order valence-corrected chi connectivity index (χ0v) is 13.4. The second-order valence-electron chi connectivity index (χ2n) is 6.11. The molecule has 0 aliphatic carbocycles. The first-order valence-electron chi connectivity index (χ1n) is 7.65. The molecule has 6 nitrogen and oxygen atoms in total. The molecule has 1 saturated heterocycles. The van der Waals surface area contributed by atoms with E-state index in [1.807, 2.05) is 6.07 Å². The Morgan fingerprint density at radius 1 is 1.30 bits per heavy atom. The molecule has 1 aliphatic rings. The molecule has 2 N–H and O–H groups in total. The number of anilines is 1. The second kappa shape index (κ2) is 7.25. The zero-order valence-electron chi connectivity index (χ0n) is 13.4. The van der Waals surface area contributed by atoms with E-state index in [2.05, 4.69) is 10.6 Å². The van der Waals surface area contributed by atoms with Crippen molar-refractivity contribution in [3.63, 3.8) is 0 Å². The van der Waals surface area contributed by atoms with Crippen LogP contribution in [0.5, 0.6) is 0 Å². The van der Waals surface area contributed by atoms with Gasteiger partial charge < -0.3 is 15.4 Å². The van der Waals surface area contributed by atoms with Crippen LogP contribution >= 0.6 is 0 Å². The molecule has 2 amide bonds. The van der Waals surface area contributed by atoms with Crippen LogP contribution in [-0.2, 0) is 14.3 Å². The first-order chi connectivity index (χ1) is 10.9. The van der Waals surface area contributed by atoms with Gasteiger partial charge in [0.25, 0.3) is 0 Å². The van der Waals surface area contributed by atoms with Gasteiger partial charge in [-0.2, -0.15) is 5.26 Å². The summed E-state index contributed by atoms with van der Waals surface area (Å²) in [6.07, 6.45) is 1.97. The smallest absolute Gasteiger partial charge is 0.239 e. The summed E-state index contributed by atoms with van der Waals surface area (Å²) in [5.74, 6) is -0.730. The van der Waals surface area contributed by atoms with E-state index in [0.29, 0.717) is 17.8 Å². The van der Waals surface area contributed by atoms with Crippen molar-refractivity contribution in [2.75, 3.05) is 18.5 Å². The first-order valence-corrected chi connectivity index (χ1v) is 7.65. The molecule has 1 atom stereocenters. The number of carbonyl (C=O) groups excluding carboxylic acids is 2. The first kappa shape index (κ1) is 17.0. The molecule has 1 heterocycles. The molecule has 1 unspecified atom stereocenters. The van der Waals surface area contributed by atoms with E-state index in [1.54, 1.807) is 38.1 Å². The van der Waals surface area contributed by atoms with Crippen LogP contribution in [0.2, 0.25) is 0 Å². The lowest BCUT2D eigenvalue weighted by Gasteiger charge is -2.23. The summed E-state index contributed by atoms with van der Waals surface area (Å²) in [6, 6.07) is 8.50. The zero-order chi connectivity index (χ0) is 16.9.